The van der Waals surface area contributed by atoms with Gasteiger partial charge in [-0.1, -0.05) is 48.5 Å². The quantitative estimate of drug-likeness (QED) is 0.446. The molecule has 0 radical (unpaired) electrons. The van der Waals surface area contributed by atoms with Crippen LogP contribution in [-0.2, 0) is 11.3 Å². The lowest BCUT2D eigenvalue weighted by Crippen LogP contribution is -2.37. The molecule has 162 valence electrons. The van der Waals surface area contributed by atoms with Crippen LogP contribution in [-0.4, -0.2) is 30.1 Å². The van der Waals surface area contributed by atoms with Gasteiger partial charge < -0.3 is 14.1 Å². The first-order valence-electron chi connectivity index (χ1n) is 11.0. The van der Waals surface area contributed by atoms with Crippen LogP contribution in [0, 0.1) is 6.92 Å². The van der Waals surface area contributed by atoms with Crippen LogP contribution in [0.25, 0.3) is 21.7 Å². The lowest BCUT2D eigenvalue weighted by Gasteiger charge is -2.26. The van der Waals surface area contributed by atoms with Gasteiger partial charge in [0.05, 0.1) is 11.5 Å². The molecule has 4 aromatic rings. The molecule has 2 heterocycles. The van der Waals surface area contributed by atoms with Gasteiger partial charge >= 0.3 is 0 Å². The number of hydrogen-bond donors (Lipinski definition) is 0. The fraction of sp³-hybridized carbons (Fsp3) is 0.259. The fourth-order valence-electron chi connectivity index (χ4n) is 4.41. The van der Waals surface area contributed by atoms with Gasteiger partial charge in [0.2, 0.25) is 0 Å². The summed E-state index contributed by atoms with van der Waals surface area (Å²) in [4.78, 5) is 28.0. The van der Waals surface area contributed by atoms with Crippen LogP contribution >= 0.6 is 0 Å². The molecule has 0 saturated carbocycles. The van der Waals surface area contributed by atoms with Gasteiger partial charge in [0.15, 0.2) is 11.2 Å². The molecule has 1 aliphatic heterocycles. The van der Waals surface area contributed by atoms with Crippen molar-refractivity contribution >= 4 is 27.6 Å². The average molecular weight is 428 g/mol. The molecule has 1 amide bonds. The Labute approximate surface area is 186 Å². The van der Waals surface area contributed by atoms with Crippen molar-refractivity contribution in [3.05, 3.63) is 93.8 Å². The van der Waals surface area contributed by atoms with Crippen molar-refractivity contribution in [3.8, 4) is 0 Å². The zero-order valence-electron chi connectivity index (χ0n) is 18.0. The van der Waals surface area contributed by atoms with Crippen molar-refractivity contribution in [2.45, 2.75) is 32.4 Å². The summed E-state index contributed by atoms with van der Waals surface area (Å²) in [6.07, 6.45) is 1.90. The van der Waals surface area contributed by atoms with Crippen LogP contribution in [0.15, 0.2) is 75.9 Å². The van der Waals surface area contributed by atoms with Crippen molar-refractivity contribution in [1.82, 2.24) is 4.90 Å². The zero-order chi connectivity index (χ0) is 22.1. The molecule has 32 heavy (non-hydrogen) atoms. The van der Waals surface area contributed by atoms with Crippen LogP contribution in [0.3, 0.4) is 0 Å². The van der Waals surface area contributed by atoms with Gasteiger partial charge in [-0.15, -0.1) is 0 Å². The number of amides is 1. The maximum Gasteiger partial charge on any atom is 0.290 e. The summed E-state index contributed by atoms with van der Waals surface area (Å²) in [6.45, 7) is 3.51. The Morgan fingerprint density at radius 2 is 1.88 bits per heavy atom. The van der Waals surface area contributed by atoms with Crippen LogP contribution in [0.4, 0.5) is 0 Å². The highest BCUT2D eigenvalue weighted by Crippen LogP contribution is 2.23. The largest absolute Gasteiger partial charge is 0.451 e. The van der Waals surface area contributed by atoms with Crippen molar-refractivity contribution in [2.24, 2.45) is 0 Å². The summed E-state index contributed by atoms with van der Waals surface area (Å²) in [6, 6.07) is 21.0. The Morgan fingerprint density at radius 3 is 2.72 bits per heavy atom. The molecule has 5 nitrogen and oxygen atoms in total. The first-order chi connectivity index (χ1) is 15.6. The van der Waals surface area contributed by atoms with E-state index in [0.29, 0.717) is 30.7 Å². The molecule has 1 aromatic heterocycles. The minimum Gasteiger partial charge on any atom is -0.451 e. The number of benzene rings is 3. The van der Waals surface area contributed by atoms with E-state index in [4.69, 9.17) is 9.15 Å². The SMILES string of the molecule is Cc1ccc2c(=O)cc(C(=O)N(Cc3cccc4ccccc34)C[C@H]3CCCO3)oc2c1. The molecule has 0 spiro atoms. The van der Waals surface area contributed by atoms with E-state index in [9.17, 15) is 9.59 Å². The molecule has 1 saturated heterocycles. The number of rotatable bonds is 5. The molecule has 1 fully saturated rings. The van der Waals surface area contributed by atoms with Gasteiger partial charge in [0.1, 0.15) is 5.58 Å². The highest BCUT2D eigenvalue weighted by molar-refractivity contribution is 5.94. The number of fused-ring (bicyclic) bond motifs is 2. The minimum absolute atomic E-state index is 0.0108. The molecule has 5 heteroatoms. The normalized spacial score (nSPS) is 16.0. The van der Waals surface area contributed by atoms with Crippen LogP contribution in [0.2, 0.25) is 0 Å². The number of ether oxygens (including phenoxy) is 1. The van der Waals surface area contributed by atoms with Gasteiger partial charge in [-0.2, -0.15) is 0 Å². The first kappa shape index (κ1) is 20.5. The van der Waals surface area contributed by atoms with E-state index in [-0.39, 0.29) is 23.2 Å². The number of carbonyl (C=O) groups excluding carboxylic acids is 1. The molecule has 0 N–H and O–H groups in total. The molecule has 0 bridgehead atoms. The van der Waals surface area contributed by atoms with E-state index in [1.165, 1.54) is 6.07 Å². The maximum atomic E-state index is 13.6. The molecule has 0 aliphatic carbocycles. The minimum atomic E-state index is -0.297. The van der Waals surface area contributed by atoms with E-state index < -0.39 is 0 Å². The number of hydrogen-bond acceptors (Lipinski definition) is 4. The van der Waals surface area contributed by atoms with Gasteiger partial charge in [0, 0.05) is 25.8 Å². The standard InChI is InChI=1S/C27H25NO4/c1-18-11-12-23-24(29)15-26(32-25(23)14-18)27(30)28(17-21-9-5-13-31-21)16-20-8-4-7-19-6-2-3-10-22(19)20/h2-4,6-8,10-12,14-15,21H,5,9,13,16-17H2,1H3/t21-/m1/s1. The van der Waals surface area contributed by atoms with Crippen molar-refractivity contribution in [1.29, 1.82) is 0 Å². The third kappa shape index (κ3) is 4.04. The smallest absolute Gasteiger partial charge is 0.290 e. The van der Waals surface area contributed by atoms with E-state index in [2.05, 4.69) is 18.2 Å². The average Bonchev–Trinajstić information content (AvgIpc) is 3.31. The number of carbonyl (C=O) groups is 1. The third-order valence-electron chi connectivity index (χ3n) is 6.07. The second kappa shape index (κ2) is 8.60. The molecule has 1 aliphatic rings. The van der Waals surface area contributed by atoms with Crippen LogP contribution in [0.5, 0.6) is 0 Å². The summed E-state index contributed by atoms with van der Waals surface area (Å²) < 4.78 is 11.7. The lowest BCUT2D eigenvalue weighted by atomic mass is 10.0. The third-order valence-corrected chi connectivity index (χ3v) is 6.07. The first-order valence-corrected chi connectivity index (χ1v) is 11.0. The summed E-state index contributed by atoms with van der Waals surface area (Å²) in [5, 5.41) is 2.71. The van der Waals surface area contributed by atoms with E-state index in [1.807, 2.05) is 37.3 Å². The summed E-state index contributed by atoms with van der Waals surface area (Å²) >= 11 is 0. The van der Waals surface area contributed by atoms with Gasteiger partial charge in [-0.05, 0) is 53.8 Å². The summed E-state index contributed by atoms with van der Waals surface area (Å²) in [7, 11) is 0. The number of nitrogens with zero attached hydrogens (tertiary/aromatic N) is 1. The van der Waals surface area contributed by atoms with Crippen molar-refractivity contribution in [3.63, 3.8) is 0 Å². The van der Waals surface area contributed by atoms with Gasteiger partial charge in [-0.3, -0.25) is 9.59 Å². The molecular weight excluding hydrogens is 402 g/mol. The highest BCUT2D eigenvalue weighted by atomic mass is 16.5. The predicted molar refractivity (Wildman–Crippen MR) is 125 cm³/mol. The van der Waals surface area contributed by atoms with Crippen molar-refractivity contribution in [2.75, 3.05) is 13.2 Å². The predicted octanol–water partition coefficient (Wildman–Crippen LogP) is 5.08. The highest BCUT2D eigenvalue weighted by Gasteiger charge is 2.26. The van der Waals surface area contributed by atoms with E-state index in [1.54, 1.807) is 17.0 Å². The van der Waals surface area contributed by atoms with E-state index >= 15 is 0 Å². The molecule has 0 unspecified atom stereocenters. The summed E-state index contributed by atoms with van der Waals surface area (Å²) in [5.41, 5.74) is 2.24. The van der Waals surface area contributed by atoms with Crippen LogP contribution < -0.4 is 5.43 Å². The van der Waals surface area contributed by atoms with Gasteiger partial charge in [0.25, 0.3) is 5.91 Å². The van der Waals surface area contributed by atoms with Gasteiger partial charge in [-0.25, -0.2) is 0 Å². The maximum absolute atomic E-state index is 13.6. The second-order valence-corrected chi connectivity index (χ2v) is 8.43. The Balaban J connectivity index is 1.53. The molecule has 3 aromatic carbocycles. The molecule has 1 atom stereocenters. The van der Waals surface area contributed by atoms with Crippen LogP contribution in [0.1, 0.15) is 34.5 Å². The Hall–Kier alpha value is -3.44. The molecule has 5 rings (SSSR count). The second-order valence-electron chi connectivity index (χ2n) is 8.43. The van der Waals surface area contributed by atoms with E-state index in [0.717, 1.165) is 34.7 Å². The Bertz CT molecular complexity index is 1350. The molecular formula is C27H25NO4. The Kier molecular flexibility index (Phi) is 5.50. The monoisotopic (exact) mass is 427 g/mol. The Morgan fingerprint density at radius 1 is 1.03 bits per heavy atom. The summed E-state index contributed by atoms with van der Waals surface area (Å²) in [5.74, 6) is -0.236. The van der Waals surface area contributed by atoms with Crippen molar-refractivity contribution < 1.29 is 13.9 Å². The fourth-order valence-corrected chi connectivity index (χ4v) is 4.41. The lowest BCUT2D eigenvalue weighted by molar-refractivity contribution is 0.0485. The topological polar surface area (TPSA) is 59.8 Å². The zero-order valence-corrected chi connectivity index (χ0v) is 18.0. The number of aryl methyl sites for hydroxylation is 1.